The lowest BCUT2D eigenvalue weighted by molar-refractivity contribution is -0.139. The highest BCUT2D eigenvalue weighted by Crippen LogP contribution is 2.25. The molecule has 4 heteroatoms. The highest BCUT2D eigenvalue weighted by atomic mass is 16.5. The van der Waals surface area contributed by atoms with E-state index in [1.54, 1.807) is 6.92 Å². The Morgan fingerprint density at radius 2 is 1.15 bits per heavy atom. The van der Waals surface area contributed by atoms with Crippen molar-refractivity contribution < 1.29 is 19.0 Å². The fraction of sp³-hybridized carbons (Fsp3) is 0.583. The summed E-state index contributed by atoms with van der Waals surface area (Å²) in [6.07, 6.45) is 18.5. The largest absolute Gasteiger partial charge is 0.494 e. The summed E-state index contributed by atoms with van der Waals surface area (Å²) in [6.45, 7) is 11.0. The van der Waals surface area contributed by atoms with Gasteiger partial charge in [0.2, 0.25) is 0 Å². The number of carbonyl (C=O) groups excluding carboxylic acids is 1. The van der Waals surface area contributed by atoms with Gasteiger partial charge in [0, 0.05) is 5.57 Å². The number of unbranched alkanes of at least 4 members (excludes halogenated alkanes) is 12. The first-order chi connectivity index (χ1) is 19.5. The Bertz CT molecular complexity index is 932. The van der Waals surface area contributed by atoms with Gasteiger partial charge in [0.05, 0.1) is 19.3 Å². The van der Waals surface area contributed by atoms with Gasteiger partial charge in [0.1, 0.15) is 11.5 Å². The van der Waals surface area contributed by atoms with Crippen LogP contribution >= 0.6 is 0 Å². The maximum absolute atomic E-state index is 11.3. The molecular formula is C36H54O4. The molecule has 0 fully saturated rings. The number of ether oxygens (including phenoxy) is 3. The molecule has 0 amide bonds. The van der Waals surface area contributed by atoms with Crippen LogP contribution in [0.3, 0.4) is 0 Å². The van der Waals surface area contributed by atoms with E-state index in [1.165, 1.54) is 81.8 Å². The molecular weight excluding hydrogens is 496 g/mol. The topological polar surface area (TPSA) is 44.8 Å². The predicted octanol–water partition coefficient (Wildman–Crippen LogP) is 10.5. The number of rotatable bonds is 23. The van der Waals surface area contributed by atoms with E-state index in [-0.39, 0.29) is 12.1 Å². The summed E-state index contributed by atoms with van der Waals surface area (Å²) in [4.78, 5) is 11.3. The van der Waals surface area contributed by atoms with E-state index in [0.717, 1.165) is 43.8 Å². The Kier molecular flexibility index (Phi) is 17.6. The monoisotopic (exact) mass is 550 g/mol. The molecule has 0 N–H and O–H groups in total. The lowest BCUT2D eigenvalue weighted by Gasteiger charge is -2.15. The van der Waals surface area contributed by atoms with Crippen LogP contribution in [-0.2, 0) is 9.53 Å². The molecule has 1 atom stereocenters. The Morgan fingerprint density at radius 3 is 1.68 bits per heavy atom. The van der Waals surface area contributed by atoms with E-state index in [9.17, 15) is 4.79 Å². The van der Waals surface area contributed by atoms with Crippen molar-refractivity contribution in [3.63, 3.8) is 0 Å². The van der Waals surface area contributed by atoms with Crippen molar-refractivity contribution >= 4 is 5.97 Å². The predicted molar refractivity (Wildman–Crippen MR) is 168 cm³/mol. The van der Waals surface area contributed by atoms with Crippen LogP contribution < -0.4 is 9.47 Å². The van der Waals surface area contributed by atoms with Gasteiger partial charge in [-0.25, -0.2) is 4.79 Å². The van der Waals surface area contributed by atoms with Crippen LogP contribution in [0.25, 0.3) is 11.1 Å². The molecule has 0 unspecified atom stereocenters. The molecule has 0 aliphatic rings. The summed E-state index contributed by atoms with van der Waals surface area (Å²) >= 11 is 0. The molecule has 2 rings (SSSR count). The summed E-state index contributed by atoms with van der Waals surface area (Å²) in [5, 5.41) is 0. The number of benzene rings is 2. The second-order valence-corrected chi connectivity index (χ2v) is 11.1. The van der Waals surface area contributed by atoms with Crippen LogP contribution in [0.5, 0.6) is 11.5 Å². The van der Waals surface area contributed by atoms with Gasteiger partial charge in [0.25, 0.3) is 0 Å². The van der Waals surface area contributed by atoms with Crippen LogP contribution in [-0.4, -0.2) is 25.3 Å². The molecule has 222 valence electrons. The molecule has 2 aromatic rings. The number of hydrogen-bond acceptors (Lipinski definition) is 4. The van der Waals surface area contributed by atoms with Crippen molar-refractivity contribution in [3.05, 3.63) is 60.7 Å². The summed E-state index contributed by atoms with van der Waals surface area (Å²) < 4.78 is 17.2. The SMILES string of the molecule is C=C(C)C(=O)OCCCCCCCCCCCCOc1ccc(-c2ccc(O[C@@H](C)CCCCCC)cc2)cc1. The fourth-order valence-corrected chi connectivity index (χ4v) is 4.72. The van der Waals surface area contributed by atoms with Gasteiger partial charge in [-0.15, -0.1) is 0 Å². The zero-order valence-corrected chi connectivity index (χ0v) is 25.6. The second kappa shape index (κ2) is 21.1. The van der Waals surface area contributed by atoms with Gasteiger partial charge in [0.15, 0.2) is 0 Å². The molecule has 0 aromatic heterocycles. The molecule has 0 spiro atoms. The summed E-state index contributed by atoms with van der Waals surface area (Å²) in [5.74, 6) is 1.61. The number of esters is 1. The lowest BCUT2D eigenvalue weighted by Crippen LogP contribution is -2.11. The normalized spacial score (nSPS) is 11.7. The van der Waals surface area contributed by atoms with Crippen LogP contribution in [0.15, 0.2) is 60.7 Å². The third-order valence-corrected chi connectivity index (χ3v) is 7.23. The molecule has 0 bridgehead atoms. The van der Waals surface area contributed by atoms with Gasteiger partial charge < -0.3 is 14.2 Å². The average Bonchev–Trinajstić information content (AvgIpc) is 2.96. The minimum absolute atomic E-state index is 0.257. The first kappa shape index (κ1) is 33.5. The van der Waals surface area contributed by atoms with Crippen molar-refractivity contribution in [2.24, 2.45) is 0 Å². The molecule has 40 heavy (non-hydrogen) atoms. The van der Waals surface area contributed by atoms with Crippen molar-refractivity contribution in [1.82, 2.24) is 0 Å². The Morgan fingerprint density at radius 1 is 0.675 bits per heavy atom. The third-order valence-electron chi connectivity index (χ3n) is 7.23. The van der Waals surface area contributed by atoms with Gasteiger partial charge >= 0.3 is 5.97 Å². The van der Waals surface area contributed by atoms with Gasteiger partial charge in [-0.2, -0.15) is 0 Å². The van der Waals surface area contributed by atoms with Crippen LogP contribution in [0, 0.1) is 0 Å². The Balaban J connectivity index is 1.49. The molecule has 0 aliphatic heterocycles. The zero-order valence-electron chi connectivity index (χ0n) is 25.6. The second-order valence-electron chi connectivity index (χ2n) is 11.1. The minimum Gasteiger partial charge on any atom is -0.494 e. The third kappa shape index (κ3) is 15.1. The van der Waals surface area contributed by atoms with Crippen LogP contribution in [0.2, 0.25) is 0 Å². The van der Waals surface area contributed by atoms with Crippen LogP contribution in [0.1, 0.15) is 117 Å². The van der Waals surface area contributed by atoms with Gasteiger partial charge in [-0.05, 0) is 74.9 Å². The van der Waals surface area contributed by atoms with Crippen molar-refractivity contribution in [3.8, 4) is 22.6 Å². The van der Waals surface area contributed by atoms with Crippen molar-refractivity contribution in [2.75, 3.05) is 13.2 Å². The fourth-order valence-electron chi connectivity index (χ4n) is 4.72. The van der Waals surface area contributed by atoms with Crippen molar-refractivity contribution in [1.29, 1.82) is 0 Å². The standard InChI is InChI=1S/C36H54O4/c1-5-6-7-16-19-31(4)40-35-26-22-33(23-27-35)32-20-24-34(25-21-32)38-28-17-14-12-10-8-9-11-13-15-18-29-39-36(37)30(2)3/h20-27,31H,2,5-19,28-29H2,1,3-4H3/t31-/m0/s1. The smallest absolute Gasteiger partial charge is 0.333 e. The maximum Gasteiger partial charge on any atom is 0.333 e. The van der Waals surface area contributed by atoms with Gasteiger partial charge in [-0.3, -0.25) is 0 Å². The molecule has 2 aromatic carbocycles. The van der Waals surface area contributed by atoms with Gasteiger partial charge in [-0.1, -0.05) is 108 Å². The average molecular weight is 551 g/mol. The van der Waals surface area contributed by atoms with E-state index in [1.807, 2.05) is 0 Å². The molecule has 0 saturated heterocycles. The highest BCUT2D eigenvalue weighted by molar-refractivity contribution is 5.86. The van der Waals surface area contributed by atoms with Crippen molar-refractivity contribution in [2.45, 2.75) is 123 Å². The summed E-state index contributed by atoms with van der Waals surface area (Å²) in [7, 11) is 0. The molecule has 0 heterocycles. The van der Waals surface area contributed by atoms with E-state index >= 15 is 0 Å². The zero-order chi connectivity index (χ0) is 28.8. The molecule has 0 radical (unpaired) electrons. The molecule has 0 saturated carbocycles. The first-order valence-electron chi connectivity index (χ1n) is 15.8. The highest BCUT2D eigenvalue weighted by Gasteiger charge is 2.06. The minimum atomic E-state index is -0.274. The van der Waals surface area contributed by atoms with E-state index in [0.29, 0.717) is 12.2 Å². The molecule has 4 nitrogen and oxygen atoms in total. The van der Waals surface area contributed by atoms with E-state index in [2.05, 4.69) is 69.0 Å². The maximum atomic E-state index is 11.3. The lowest BCUT2D eigenvalue weighted by atomic mass is 10.1. The summed E-state index contributed by atoms with van der Waals surface area (Å²) in [6, 6.07) is 16.8. The van der Waals surface area contributed by atoms with E-state index < -0.39 is 0 Å². The van der Waals surface area contributed by atoms with Crippen LogP contribution in [0.4, 0.5) is 0 Å². The Labute approximate surface area is 244 Å². The Hall–Kier alpha value is -2.75. The number of carbonyl (C=O) groups is 1. The quantitative estimate of drug-likeness (QED) is 0.0784. The summed E-state index contributed by atoms with van der Waals surface area (Å²) in [5.41, 5.74) is 2.86. The molecule has 0 aliphatic carbocycles. The number of hydrogen-bond donors (Lipinski definition) is 0. The first-order valence-corrected chi connectivity index (χ1v) is 15.8. The van der Waals surface area contributed by atoms with E-state index in [4.69, 9.17) is 14.2 Å².